The maximum atomic E-state index is 12.3. The summed E-state index contributed by atoms with van der Waals surface area (Å²) in [6.07, 6.45) is 2.31. The van der Waals surface area contributed by atoms with E-state index in [-0.39, 0.29) is 35.3 Å². The molecule has 1 fully saturated rings. The highest BCUT2D eigenvalue weighted by Gasteiger charge is 2.46. The lowest BCUT2D eigenvalue weighted by Gasteiger charge is -2.54. The van der Waals surface area contributed by atoms with E-state index < -0.39 is 0 Å². The molecule has 2 aromatic carbocycles. The first-order chi connectivity index (χ1) is 18.9. The third kappa shape index (κ3) is 10.1. The molecular weight excluding hydrogens is 518 g/mol. The van der Waals surface area contributed by atoms with Gasteiger partial charge in [-0.3, -0.25) is 9.69 Å². The van der Waals surface area contributed by atoms with Gasteiger partial charge in [0.05, 0.1) is 0 Å². The molecule has 0 unspecified atom stereocenters. The Hall–Kier alpha value is -3.03. The van der Waals surface area contributed by atoms with Gasteiger partial charge in [-0.2, -0.15) is 4.89 Å². The largest absolute Gasteiger partial charge is 0.507 e. The van der Waals surface area contributed by atoms with E-state index in [9.17, 15) is 15.0 Å². The van der Waals surface area contributed by atoms with Crippen molar-refractivity contribution in [2.75, 3.05) is 13.2 Å². The van der Waals surface area contributed by atoms with Crippen LogP contribution >= 0.6 is 0 Å². The zero-order valence-corrected chi connectivity index (χ0v) is 26.8. The number of carbonyl (C=O) groups is 1. The number of carbonyl (C=O) groups excluding carboxylic acids is 1. The van der Waals surface area contributed by atoms with Gasteiger partial charge in [-0.25, -0.2) is 0 Å². The van der Waals surface area contributed by atoms with Crippen LogP contribution in [-0.4, -0.2) is 51.4 Å². The van der Waals surface area contributed by atoms with Crippen molar-refractivity contribution in [3.8, 4) is 11.5 Å². The summed E-state index contributed by atoms with van der Waals surface area (Å²) in [4.78, 5) is 25.5. The lowest BCUT2D eigenvalue weighted by Crippen LogP contribution is -2.62. The monoisotopic (exact) mass is 569 g/mol. The zero-order valence-electron chi connectivity index (χ0n) is 26.8. The first-order valence-corrected chi connectivity index (χ1v) is 14.4. The average Bonchev–Trinajstić information content (AvgIpc) is 2.84. The van der Waals surface area contributed by atoms with Crippen molar-refractivity contribution in [2.45, 2.75) is 112 Å². The summed E-state index contributed by atoms with van der Waals surface area (Å²) in [5.74, 6) is 0.981. The predicted molar refractivity (Wildman–Crippen MR) is 164 cm³/mol. The topological polar surface area (TPSA) is 88.5 Å². The molecule has 1 saturated heterocycles. The number of allylic oxidation sites excluding steroid dienone is 1. The quantitative estimate of drug-likeness (QED) is 0.142. The van der Waals surface area contributed by atoms with Gasteiger partial charge >= 0.3 is 5.97 Å². The molecule has 2 aromatic rings. The second kappa shape index (κ2) is 14.2. The molecule has 1 heterocycles. The minimum Gasteiger partial charge on any atom is -0.507 e. The van der Waals surface area contributed by atoms with Gasteiger partial charge < -0.3 is 19.8 Å². The van der Waals surface area contributed by atoms with Crippen molar-refractivity contribution in [2.24, 2.45) is 0 Å². The molecule has 41 heavy (non-hydrogen) atoms. The molecule has 3 rings (SSSR count). The number of hydrogen-bond donors (Lipinski definition) is 2. The van der Waals surface area contributed by atoms with E-state index in [1.165, 1.54) is 5.56 Å². The molecule has 0 atom stereocenters. The Labute approximate surface area is 247 Å². The Morgan fingerprint density at radius 1 is 0.902 bits per heavy atom. The number of phenolic OH excluding ortho intramolecular Hbond substituents is 2. The Morgan fingerprint density at radius 2 is 1.39 bits per heavy atom. The Kier molecular flexibility index (Phi) is 11.9. The van der Waals surface area contributed by atoms with Gasteiger partial charge in [-0.15, -0.1) is 0 Å². The molecule has 0 aliphatic carbocycles. The molecule has 0 spiro atoms. The summed E-state index contributed by atoms with van der Waals surface area (Å²) in [5, 5.41) is 19.5. The third-order valence-corrected chi connectivity index (χ3v) is 7.58. The second-order valence-electron chi connectivity index (χ2n) is 12.7. The first kappa shape index (κ1) is 34.2. The Bertz CT molecular complexity index is 1170. The highest BCUT2D eigenvalue weighted by Crippen LogP contribution is 2.39. The molecule has 7 heteroatoms. The number of rotatable bonds is 9. The van der Waals surface area contributed by atoms with Crippen LogP contribution in [0.1, 0.15) is 87.3 Å². The van der Waals surface area contributed by atoms with Gasteiger partial charge in [0.1, 0.15) is 30.0 Å². The van der Waals surface area contributed by atoms with Crippen LogP contribution < -0.4 is 0 Å². The third-order valence-electron chi connectivity index (χ3n) is 7.58. The van der Waals surface area contributed by atoms with Crippen LogP contribution in [0.15, 0.2) is 36.6 Å². The van der Waals surface area contributed by atoms with E-state index in [0.717, 1.165) is 40.7 Å². The van der Waals surface area contributed by atoms with Crippen LogP contribution in [0.5, 0.6) is 11.5 Å². The van der Waals surface area contributed by atoms with Crippen molar-refractivity contribution in [1.82, 2.24) is 4.90 Å². The van der Waals surface area contributed by atoms with E-state index >= 15 is 0 Å². The number of esters is 1. The maximum Gasteiger partial charge on any atom is 0.306 e. The van der Waals surface area contributed by atoms with E-state index in [2.05, 4.69) is 39.2 Å². The van der Waals surface area contributed by atoms with Gasteiger partial charge in [0.25, 0.3) is 0 Å². The smallest absolute Gasteiger partial charge is 0.306 e. The molecular formula is C34H51NO6. The van der Waals surface area contributed by atoms with Crippen molar-refractivity contribution in [1.29, 1.82) is 0 Å². The molecule has 0 saturated carbocycles. The number of aryl methyl sites for hydroxylation is 6. The number of likely N-dealkylation sites (tertiary alicyclic amines) is 1. The van der Waals surface area contributed by atoms with Crippen LogP contribution in [0.4, 0.5) is 0 Å². The van der Waals surface area contributed by atoms with E-state index in [1.54, 1.807) is 6.92 Å². The summed E-state index contributed by atoms with van der Waals surface area (Å²) in [7, 11) is 0. The van der Waals surface area contributed by atoms with Crippen molar-refractivity contribution in [3.05, 3.63) is 70.0 Å². The van der Waals surface area contributed by atoms with E-state index in [4.69, 9.17) is 14.5 Å². The second-order valence-corrected chi connectivity index (χ2v) is 12.7. The molecule has 0 radical (unpaired) electrons. The zero-order chi connectivity index (χ0) is 31.1. The summed E-state index contributed by atoms with van der Waals surface area (Å²) in [6, 6.07) is 7.80. The van der Waals surface area contributed by atoms with Crippen molar-refractivity contribution in [3.63, 3.8) is 0 Å². The molecule has 228 valence electrons. The standard InChI is InChI=1S/C25H39NO5.C9H12O/c1-17(2)30-31-21-15-24(5,6)26(25(7,8)16-21)11-12-29-22(27)10-9-20-14-18(3)13-19(4)23(20)28;1-6-4-7(2)9(10)8(3)5-6/h13-14,21,28H,1,9-12,15-16H2,2-8H3;4-5,10H,1-3H3. The molecule has 2 N–H and O–H groups in total. The number of piperidine rings is 1. The predicted octanol–water partition coefficient (Wildman–Crippen LogP) is 7.31. The van der Waals surface area contributed by atoms with Gasteiger partial charge in [0.15, 0.2) is 0 Å². The highest BCUT2D eigenvalue weighted by atomic mass is 17.2. The fourth-order valence-electron chi connectivity index (χ4n) is 6.02. The Morgan fingerprint density at radius 3 is 1.90 bits per heavy atom. The van der Waals surface area contributed by atoms with Gasteiger partial charge in [-0.05, 0) is 111 Å². The SMILES string of the molecule is C=C(C)OOC1CC(C)(C)N(CCOC(=O)CCc2cc(C)cc(C)c2O)C(C)(C)C1.Cc1cc(C)c(O)c(C)c1. The maximum absolute atomic E-state index is 12.3. The van der Waals surface area contributed by atoms with Gasteiger partial charge in [0.2, 0.25) is 0 Å². The van der Waals surface area contributed by atoms with E-state index in [1.807, 2.05) is 58.9 Å². The highest BCUT2D eigenvalue weighted by molar-refractivity contribution is 5.70. The number of ether oxygens (including phenoxy) is 1. The molecule has 0 amide bonds. The lowest BCUT2D eigenvalue weighted by atomic mass is 9.78. The van der Waals surface area contributed by atoms with Gasteiger partial charge in [-0.1, -0.05) is 42.0 Å². The molecule has 7 nitrogen and oxygen atoms in total. The normalized spacial score (nSPS) is 16.4. The lowest BCUT2D eigenvalue weighted by molar-refractivity contribution is -0.314. The minimum absolute atomic E-state index is 0.0223. The van der Waals surface area contributed by atoms with Crippen LogP contribution in [0, 0.1) is 34.6 Å². The Balaban J connectivity index is 0.000000493. The fourth-order valence-corrected chi connectivity index (χ4v) is 6.02. The number of nitrogens with zero attached hydrogens (tertiary/aromatic N) is 1. The number of phenols is 2. The van der Waals surface area contributed by atoms with Crippen LogP contribution in [0.3, 0.4) is 0 Å². The number of hydrogen-bond acceptors (Lipinski definition) is 7. The molecule has 1 aliphatic rings. The van der Waals surface area contributed by atoms with Crippen LogP contribution in [0.2, 0.25) is 0 Å². The van der Waals surface area contributed by atoms with Crippen LogP contribution in [-0.2, 0) is 25.7 Å². The summed E-state index contributed by atoms with van der Waals surface area (Å²) in [5.41, 5.74) is 5.53. The first-order valence-electron chi connectivity index (χ1n) is 14.4. The average molecular weight is 570 g/mol. The number of benzene rings is 2. The molecule has 0 aromatic heterocycles. The van der Waals surface area contributed by atoms with E-state index in [0.29, 0.717) is 31.1 Å². The minimum atomic E-state index is -0.248. The summed E-state index contributed by atoms with van der Waals surface area (Å²) >= 11 is 0. The molecule has 1 aliphatic heterocycles. The number of aromatic hydroxyl groups is 2. The molecule has 0 bridgehead atoms. The van der Waals surface area contributed by atoms with Crippen LogP contribution in [0.25, 0.3) is 0 Å². The summed E-state index contributed by atoms with van der Waals surface area (Å²) < 4.78 is 5.53. The fraction of sp³-hybridized carbons (Fsp3) is 0.559. The van der Waals surface area contributed by atoms with Crippen molar-refractivity contribution < 1.29 is 29.5 Å². The summed E-state index contributed by atoms with van der Waals surface area (Å²) in [6.45, 7) is 24.9. The van der Waals surface area contributed by atoms with Gasteiger partial charge in [0, 0.05) is 24.0 Å². The van der Waals surface area contributed by atoms with Crippen molar-refractivity contribution >= 4 is 5.97 Å².